The summed E-state index contributed by atoms with van der Waals surface area (Å²) in [6.07, 6.45) is -5.09. The van der Waals surface area contributed by atoms with Crippen molar-refractivity contribution < 1.29 is 18.3 Å². The molecule has 0 radical (unpaired) electrons. The van der Waals surface area contributed by atoms with Crippen molar-refractivity contribution in [3.8, 4) is 0 Å². The first-order valence-electron chi connectivity index (χ1n) is 4.51. The van der Waals surface area contributed by atoms with E-state index in [1.54, 1.807) is 6.92 Å². The Labute approximate surface area is 85.5 Å². The molecule has 0 bridgehead atoms. The van der Waals surface area contributed by atoms with E-state index in [0.29, 0.717) is 17.0 Å². The lowest BCUT2D eigenvalue weighted by Crippen LogP contribution is -2.19. The third-order valence-electron chi connectivity index (χ3n) is 2.18. The molecule has 1 rings (SSSR count). The minimum absolute atomic E-state index is 0.361. The number of hydrogen-bond acceptors (Lipinski definition) is 2. The predicted octanol–water partition coefficient (Wildman–Crippen LogP) is 2.12. The predicted molar refractivity (Wildman–Crippen MR) is 48.4 cm³/mol. The SMILES string of the molecule is Cc1nn(CC(F)(F)F)c(C)c1C(C)O. The van der Waals surface area contributed by atoms with Crippen LogP contribution in [-0.4, -0.2) is 21.1 Å². The van der Waals surface area contributed by atoms with Crippen molar-refractivity contribution in [1.29, 1.82) is 0 Å². The van der Waals surface area contributed by atoms with E-state index in [2.05, 4.69) is 5.10 Å². The van der Waals surface area contributed by atoms with E-state index in [9.17, 15) is 18.3 Å². The summed E-state index contributed by atoms with van der Waals surface area (Å²) >= 11 is 0. The number of rotatable bonds is 2. The number of aliphatic hydroxyl groups is 1. The molecule has 1 heterocycles. The zero-order valence-corrected chi connectivity index (χ0v) is 8.76. The highest BCUT2D eigenvalue weighted by atomic mass is 19.4. The summed E-state index contributed by atoms with van der Waals surface area (Å²) in [4.78, 5) is 0. The van der Waals surface area contributed by atoms with Crippen molar-refractivity contribution in [1.82, 2.24) is 9.78 Å². The van der Waals surface area contributed by atoms with Gasteiger partial charge in [0.2, 0.25) is 0 Å². The first-order valence-corrected chi connectivity index (χ1v) is 4.51. The molecule has 0 spiro atoms. The van der Waals surface area contributed by atoms with Gasteiger partial charge in [0.15, 0.2) is 0 Å². The number of hydrogen-bond donors (Lipinski definition) is 1. The molecule has 0 saturated heterocycles. The van der Waals surface area contributed by atoms with Crippen molar-refractivity contribution in [2.24, 2.45) is 0 Å². The fourth-order valence-corrected chi connectivity index (χ4v) is 1.64. The summed E-state index contributed by atoms with van der Waals surface area (Å²) < 4.78 is 37.3. The highest BCUT2D eigenvalue weighted by Gasteiger charge is 2.30. The zero-order chi connectivity index (χ0) is 11.8. The molecule has 6 heteroatoms. The van der Waals surface area contributed by atoms with Crippen LogP contribution in [0.4, 0.5) is 13.2 Å². The van der Waals surface area contributed by atoms with Crippen LogP contribution in [-0.2, 0) is 6.54 Å². The van der Waals surface area contributed by atoms with E-state index in [0.717, 1.165) is 4.68 Å². The van der Waals surface area contributed by atoms with Crippen molar-refractivity contribution >= 4 is 0 Å². The minimum atomic E-state index is -4.29. The molecule has 15 heavy (non-hydrogen) atoms. The molecule has 1 aromatic heterocycles. The standard InChI is InChI=1S/C9H13F3N2O/c1-5-8(7(3)15)6(2)14(13-5)4-9(10,11)12/h7,15H,4H2,1-3H3. The zero-order valence-electron chi connectivity index (χ0n) is 8.76. The molecule has 3 nitrogen and oxygen atoms in total. The van der Waals surface area contributed by atoms with Gasteiger partial charge in [0, 0.05) is 11.3 Å². The fraction of sp³-hybridized carbons (Fsp3) is 0.667. The molecule has 86 valence electrons. The van der Waals surface area contributed by atoms with Gasteiger partial charge < -0.3 is 5.11 Å². The Balaban J connectivity index is 3.07. The molecule has 0 aliphatic rings. The van der Waals surface area contributed by atoms with Gasteiger partial charge in [-0.1, -0.05) is 0 Å². The van der Waals surface area contributed by atoms with Gasteiger partial charge in [-0.3, -0.25) is 4.68 Å². The summed E-state index contributed by atoms with van der Waals surface area (Å²) in [6.45, 7) is 3.50. The molecule has 0 amide bonds. The molecule has 1 atom stereocenters. The molecule has 1 aromatic rings. The molecule has 0 aliphatic carbocycles. The lowest BCUT2D eigenvalue weighted by molar-refractivity contribution is -0.143. The van der Waals surface area contributed by atoms with Crippen molar-refractivity contribution in [3.05, 3.63) is 17.0 Å². The Morgan fingerprint density at radius 2 is 1.93 bits per heavy atom. The maximum absolute atomic E-state index is 12.1. The molecular weight excluding hydrogens is 209 g/mol. The Morgan fingerprint density at radius 1 is 1.40 bits per heavy atom. The highest BCUT2D eigenvalue weighted by molar-refractivity contribution is 5.26. The number of aromatic nitrogens is 2. The quantitative estimate of drug-likeness (QED) is 0.832. The second kappa shape index (κ2) is 3.84. The van der Waals surface area contributed by atoms with Crippen LogP contribution >= 0.6 is 0 Å². The van der Waals surface area contributed by atoms with Crippen LogP contribution in [0.2, 0.25) is 0 Å². The molecule has 1 unspecified atom stereocenters. The second-order valence-electron chi connectivity index (χ2n) is 3.53. The first-order chi connectivity index (χ1) is 6.72. The average molecular weight is 222 g/mol. The fourth-order valence-electron chi connectivity index (χ4n) is 1.64. The van der Waals surface area contributed by atoms with Crippen molar-refractivity contribution in [2.45, 2.75) is 39.6 Å². The van der Waals surface area contributed by atoms with Gasteiger partial charge >= 0.3 is 6.18 Å². The number of alkyl halides is 3. The normalized spacial score (nSPS) is 14.3. The van der Waals surface area contributed by atoms with Crippen LogP contribution in [0, 0.1) is 13.8 Å². The maximum Gasteiger partial charge on any atom is 0.408 e. The van der Waals surface area contributed by atoms with Gasteiger partial charge in [-0.25, -0.2) is 0 Å². The Bertz CT molecular complexity index is 355. The van der Waals surface area contributed by atoms with E-state index >= 15 is 0 Å². The van der Waals surface area contributed by atoms with Crippen LogP contribution in [0.1, 0.15) is 30.0 Å². The van der Waals surface area contributed by atoms with E-state index in [4.69, 9.17) is 0 Å². The van der Waals surface area contributed by atoms with E-state index in [1.165, 1.54) is 13.8 Å². The Hall–Kier alpha value is -1.04. The molecule has 0 aliphatic heterocycles. The Kier molecular flexibility index (Phi) is 3.08. The summed E-state index contributed by atoms with van der Waals surface area (Å²) in [5, 5.41) is 13.1. The lowest BCUT2D eigenvalue weighted by atomic mass is 10.1. The summed E-state index contributed by atoms with van der Waals surface area (Å²) in [5.74, 6) is 0. The number of halogens is 3. The Morgan fingerprint density at radius 3 is 2.27 bits per heavy atom. The van der Waals surface area contributed by atoms with Crippen LogP contribution in [0.15, 0.2) is 0 Å². The summed E-state index contributed by atoms with van der Waals surface area (Å²) in [7, 11) is 0. The number of aliphatic hydroxyl groups excluding tert-OH is 1. The number of nitrogens with zero attached hydrogens (tertiary/aromatic N) is 2. The monoisotopic (exact) mass is 222 g/mol. The first kappa shape index (κ1) is 12.0. The van der Waals surface area contributed by atoms with Gasteiger partial charge in [-0.05, 0) is 20.8 Å². The van der Waals surface area contributed by atoms with Gasteiger partial charge in [0.25, 0.3) is 0 Å². The average Bonchev–Trinajstić information content (AvgIpc) is 2.23. The third-order valence-corrected chi connectivity index (χ3v) is 2.18. The van der Waals surface area contributed by atoms with Crippen molar-refractivity contribution in [2.75, 3.05) is 0 Å². The lowest BCUT2D eigenvalue weighted by Gasteiger charge is -2.09. The highest BCUT2D eigenvalue weighted by Crippen LogP contribution is 2.24. The maximum atomic E-state index is 12.1. The van der Waals surface area contributed by atoms with Crippen molar-refractivity contribution in [3.63, 3.8) is 0 Å². The van der Waals surface area contributed by atoms with E-state index < -0.39 is 18.8 Å². The summed E-state index contributed by atoms with van der Waals surface area (Å²) in [6, 6.07) is 0. The molecular formula is C9H13F3N2O. The molecule has 0 fully saturated rings. The van der Waals surface area contributed by atoms with Gasteiger partial charge in [0.1, 0.15) is 6.54 Å². The topological polar surface area (TPSA) is 38.0 Å². The third kappa shape index (κ3) is 2.71. The van der Waals surface area contributed by atoms with Crippen LogP contribution in [0.3, 0.4) is 0 Å². The van der Waals surface area contributed by atoms with Gasteiger partial charge in [-0.2, -0.15) is 18.3 Å². The minimum Gasteiger partial charge on any atom is -0.389 e. The van der Waals surface area contributed by atoms with E-state index in [1.807, 2.05) is 0 Å². The largest absolute Gasteiger partial charge is 0.408 e. The van der Waals surface area contributed by atoms with Crippen LogP contribution < -0.4 is 0 Å². The molecule has 0 saturated carbocycles. The molecule has 0 aromatic carbocycles. The van der Waals surface area contributed by atoms with Crippen LogP contribution in [0.5, 0.6) is 0 Å². The van der Waals surface area contributed by atoms with Gasteiger partial charge in [0.05, 0.1) is 11.8 Å². The van der Waals surface area contributed by atoms with Gasteiger partial charge in [-0.15, -0.1) is 0 Å². The summed E-state index contributed by atoms with van der Waals surface area (Å²) in [5.41, 5.74) is 1.27. The molecule has 1 N–H and O–H groups in total. The number of aryl methyl sites for hydroxylation is 1. The van der Waals surface area contributed by atoms with Crippen LogP contribution in [0.25, 0.3) is 0 Å². The van der Waals surface area contributed by atoms with E-state index in [-0.39, 0.29) is 0 Å². The second-order valence-corrected chi connectivity index (χ2v) is 3.53. The smallest absolute Gasteiger partial charge is 0.389 e.